The smallest absolute Gasteiger partial charge is 0.224 e. The number of rotatable bonds is 6. The van der Waals surface area contributed by atoms with Crippen LogP contribution in [0, 0.1) is 0 Å². The van der Waals surface area contributed by atoms with Gasteiger partial charge in [-0.05, 0) is 30.0 Å². The topological polar surface area (TPSA) is 55.1 Å². The van der Waals surface area contributed by atoms with E-state index in [0.29, 0.717) is 13.0 Å². The lowest BCUT2D eigenvalue weighted by Gasteiger charge is -2.09. The molecule has 0 unspecified atom stereocenters. The minimum Gasteiger partial charge on any atom is -0.326 e. The number of carbonyl (C=O) groups is 1. The molecule has 3 N–H and O–H groups in total. The first kappa shape index (κ1) is 14.3. The number of carbonyl (C=O) groups excluding carboxylic acids is 1. The molecule has 0 atom stereocenters. The third-order valence-corrected chi connectivity index (χ3v) is 3.22. The second kappa shape index (κ2) is 7.46. The van der Waals surface area contributed by atoms with Crippen LogP contribution >= 0.6 is 0 Å². The molecule has 0 saturated carbocycles. The minimum absolute atomic E-state index is 0.0434. The molecule has 3 nitrogen and oxygen atoms in total. The summed E-state index contributed by atoms with van der Waals surface area (Å²) in [6, 6.07) is 17.9. The third-order valence-electron chi connectivity index (χ3n) is 3.22. The van der Waals surface area contributed by atoms with Crippen LogP contribution in [0.4, 0.5) is 5.69 Å². The summed E-state index contributed by atoms with van der Waals surface area (Å²) >= 11 is 0. The highest BCUT2D eigenvalue weighted by Crippen LogP contribution is 2.15. The van der Waals surface area contributed by atoms with Gasteiger partial charge in [0.15, 0.2) is 0 Å². The van der Waals surface area contributed by atoms with E-state index in [2.05, 4.69) is 17.4 Å². The van der Waals surface area contributed by atoms with E-state index in [1.165, 1.54) is 5.56 Å². The van der Waals surface area contributed by atoms with Gasteiger partial charge in [0, 0.05) is 18.7 Å². The molecule has 0 heterocycles. The third kappa shape index (κ3) is 4.21. The maximum absolute atomic E-state index is 11.9. The standard InChI is InChI=1S/C17H20N2O/c18-13-15-10-4-5-11-16(15)19-17(20)12-6-9-14-7-2-1-3-8-14/h1-5,7-8,10-11H,6,9,12-13,18H2,(H,19,20). The molecular formula is C17H20N2O. The quantitative estimate of drug-likeness (QED) is 0.845. The molecule has 0 aromatic heterocycles. The number of nitrogens with two attached hydrogens (primary N) is 1. The number of nitrogens with one attached hydrogen (secondary N) is 1. The Bertz CT molecular complexity index is 552. The SMILES string of the molecule is NCc1ccccc1NC(=O)CCCc1ccccc1. The number of hydrogen-bond acceptors (Lipinski definition) is 2. The van der Waals surface area contributed by atoms with Crippen LogP contribution in [0.5, 0.6) is 0 Å². The summed E-state index contributed by atoms with van der Waals surface area (Å²) in [5, 5.41) is 2.93. The molecule has 0 aliphatic heterocycles. The summed E-state index contributed by atoms with van der Waals surface area (Å²) in [5.41, 5.74) is 8.70. The van der Waals surface area contributed by atoms with Crippen molar-refractivity contribution in [2.45, 2.75) is 25.8 Å². The van der Waals surface area contributed by atoms with Crippen molar-refractivity contribution < 1.29 is 4.79 Å². The molecule has 0 radical (unpaired) electrons. The van der Waals surface area contributed by atoms with Crippen molar-refractivity contribution in [2.75, 3.05) is 5.32 Å². The van der Waals surface area contributed by atoms with Crippen LogP contribution in [0.15, 0.2) is 54.6 Å². The summed E-state index contributed by atoms with van der Waals surface area (Å²) < 4.78 is 0. The van der Waals surface area contributed by atoms with E-state index in [9.17, 15) is 4.79 Å². The Balaban J connectivity index is 1.81. The van der Waals surface area contributed by atoms with Crippen molar-refractivity contribution in [1.29, 1.82) is 0 Å². The molecule has 20 heavy (non-hydrogen) atoms. The highest BCUT2D eigenvalue weighted by molar-refractivity contribution is 5.91. The van der Waals surface area contributed by atoms with Crippen LogP contribution in [0.1, 0.15) is 24.0 Å². The lowest BCUT2D eigenvalue weighted by molar-refractivity contribution is -0.116. The van der Waals surface area contributed by atoms with Gasteiger partial charge in [-0.15, -0.1) is 0 Å². The van der Waals surface area contributed by atoms with E-state index in [0.717, 1.165) is 24.1 Å². The van der Waals surface area contributed by atoms with Gasteiger partial charge in [-0.2, -0.15) is 0 Å². The molecular weight excluding hydrogens is 248 g/mol. The van der Waals surface area contributed by atoms with Crippen molar-refractivity contribution in [1.82, 2.24) is 0 Å². The van der Waals surface area contributed by atoms with Crippen LogP contribution < -0.4 is 11.1 Å². The van der Waals surface area contributed by atoms with E-state index in [-0.39, 0.29) is 5.91 Å². The number of anilines is 1. The zero-order valence-corrected chi connectivity index (χ0v) is 11.5. The Morgan fingerprint density at radius 3 is 2.45 bits per heavy atom. The maximum atomic E-state index is 11.9. The van der Waals surface area contributed by atoms with Crippen molar-refractivity contribution in [3.63, 3.8) is 0 Å². The lowest BCUT2D eigenvalue weighted by atomic mass is 10.1. The molecule has 2 rings (SSSR count). The van der Waals surface area contributed by atoms with Gasteiger partial charge >= 0.3 is 0 Å². The Kier molecular flexibility index (Phi) is 5.33. The molecule has 104 valence electrons. The van der Waals surface area contributed by atoms with Gasteiger partial charge in [-0.1, -0.05) is 48.5 Å². The van der Waals surface area contributed by atoms with Crippen LogP contribution in [-0.2, 0) is 17.8 Å². The normalized spacial score (nSPS) is 10.2. The van der Waals surface area contributed by atoms with Crippen LogP contribution in [0.2, 0.25) is 0 Å². The van der Waals surface area contributed by atoms with Gasteiger partial charge in [-0.3, -0.25) is 4.79 Å². The molecule has 0 bridgehead atoms. The number of hydrogen-bond donors (Lipinski definition) is 2. The van der Waals surface area contributed by atoms with E-state index >= 15 is 0 Å². The number of para-hydroxylation sites is 1. The van der Waals surface area contributed by atoms with Crippen LogP contribution in [-0.4, -0.2) is 5.91 Å². The average Bonchev–Trinajstić information content (AvgIpc) is 2.49. The summed E-state index contributed by atoms with van der Waals surface area (Å²) in [5.74, 6) is 0.0434. The fraction of sp³-hybridized carbons (Fsp3) is 0.235. The molecule has 0 aliphatic carbocycles. The molecule has 3 heteroatoms. The summed E-state index contributed by atoms with van der Waals surface area (Å²) in [4.78, 5) is 11.9. The maximum Gasteiger partial charge on any atom is 0.224 e. The van der Waals surface area contributed by atoms with Gasteiger partial charge in [0.1, 0.15) is 0 Å². The van der Waals surface area contributed by atoms with Gasteiger partial charge in [-0.25, -0.2) is 0 Å². The number of aryl methyl sites for hydroxylation is 1. The van der Waals surface area contributed by atoms with Crippen LogP contribution in [0.3, 0.4) is 0 Å². The first-order chi connectivity index (χ1) is 9.79. The van der Waals surface area contributed by atoms with E-state index in [1.54, 1.807) is 0 Å². The molecule has 2 aromatic carbocycles. The van der Waals surface area contributed by atoms with E-state index in [4.69, 9.17) is 5.73 Å². The van der Waals surface area contributed by atoms with E-state index in [1.807, 2.05) is 42.5 Å². The number of amides is 1. The Morgan fingerprint density at radius 2 is 1.70 bits per heavy atom. The fourth-order valence-electron chi connectivity index (χ4n) is 2.13. The summed E-state index contributed by atoms with van der Waals surface area (Å²) in [7, 11) is 0. The number of benzene rings is 2. The Labute approximate surface area is 119 Å². The lowest BCUT2D eigenvalue weighted by Crippen LogP contribution is -2.14. The predicted octanol–water partition coefficient (Wildman–Crippen LogP) is 3.11. The first-order valence-corrected chi connectivity index (χ1v) is 6.91. The predicted molar refractivity (Wildman–Crippen MR) is 82.3 cm³/mol. The molecule has 0 saturated heterocycles. The molecule has 0 fully saturated rings. The minimum atomic E-state index is 0.0434. The molecule has 2 aromatic rings. The second-order valence-corrected chi connectivity index (χ2v) is 4.75. The van der Waals surface area contributed by atoms with Crippen molar-refractivity contribution in [3.8, 4) is 0 Å². The van der Waals surface area contributed by atoms with Crippen molar-refractivity contribution in [2.24, 2.45) is 5.73 Å². The van der Waals surface area contributed by atoms with Gasteiger partial charge in [0.25, 0.3) is 0 Å². The Morgan fingerprint density at radius 1 is 1.00 bits per heavy atom. The Hall–Kier alpha value is -2.13. The molecule has 0 spiro atoms. The van der Waals surface area contributed by atoms with Gasteiger partial charge < -0.3 is 11.1 Å². The van der Waals surface area contributed by atoms with Gasteiger partial charge in [0.05, 0.1) is 0 Å². The van der Waals surface area contributed by atoms with Crippen molar-refractivity contribution in [3.05, 3.63) is 65.7 Å². The van der Waals surface area contributed by atoms with Crippen molar-refractivity contribution >= 4 is 11.6 Å². The summed E-state index contributed by atoms with van der Waals surface area (Å²) in [6.07, 6.45) is 2.29. The largest absolute Gasteiger partial charge is 0.326 e. The molecule has 0 aliphatic rings. The first-order valence-electron chi connectivity index (χ1n) is 6.91. The average molecular weight is 268 g/mol. The fourth-order valence-corrected chi connectivity index (χ4v) is 2.13. The zero-order valence-electron chi connectivity index (χ0n) is 11.5. The van der Waals surface area contributed by atoms with Gasteiger partial charge in [0.2, 0.25) is 5.91 Å². The highest BCUT2D eigenvalue weighted by Gasteiger charge is 2.05. The zero-order chi connectivity index (χ0) is 14.2. The highest BCUT2D eigenvalue weighted by atomic mass is 16.1. The summed E-state index contributed by atoms with van der Waals surface area (Å²) in [6.45, 7) is 0.431. The second-order valence-electron chi connectivity index (χ2n) is 4.75. The molecule has 1 amide bonds. The van der Waals surface area contributed by atoms with E-state index < -0.39 is 0 Å². The monoisotopic (exact) mass is 268 g/mol. The van der Waals surface area contributed by atoms with Crippen LogP contribution in [0.25, 0.3) is 0 Å².